The average Bonchev–Trinajstić information content (AvgIpc) is 2.65. The number of carbonyl (C=O) groups is 1. The van der Waals surface area contributed by atoms with Crippen molar-refractivity contribution in [1.29, 1.82) is 0 Å². The van der Waals surface area contributed by atoms with Crippen LogP contribution in [0.1, 0.15) is 23.4 Å². The Hall–Kier alpha value is -3.46. The highest BCUT2D eigenvalue weighted by atomic mass is 19.1. The van der Waals surface area contributed by atoms with E-state index in [1.165, 1.54) is 12.1 Å². The van der Waals surface area contributed by atoms with Gasteiger partial charge in [-0.3, -0.25) is 14.2 Å². The summed E-state index contributed by atoms with van der Waals surface area (Å²) in [6, 6.07) is 11.3. The Balaban J connectivity index is 1.75. The first-order valence-electron chi connectivity index (χ1n) is 8.68. The minimum absolute atomic E-state index is 0.0368. The minimum atomic E-state index is -0.336. The van der Waals surface area contributed by atoms with Crippen molar-refractivity contribution in [3.05, 3.63) is 75.6 Å². The number of nitrogens with zero attached hydrogens (tertiary/aromatic N) is 2. The molecule has 0 saturated heterocycles. The average molecular weight is 361 g/mol. The summed E-state index contributed by atoms with van der Waals surface area (Å²) >= 11 is 0. The highest BCUT2D eigenvalue weighted by Crippen LogP contribution is 2.13. The molecule has 0 radical (unpaired) electrons. The van der Waals surface area contributed by atoms with E-state index >= 15 is 0 Å². The summed E-state index contributed by atoms with van der Waals surface area (Å²) in [5.41, 5.74) is 1.70. The van der Waals surface area contributed by atoms with E-state index in [0.29, 0.717) is 53.8 Å². The molecule has 0 bridgehead atoms. The van der Waals surface area contributed by atoms with Gasteiger partial charge in [0, 0.05) is 37.1 Å². The molecule has 0 spiro atoms. The van der Waals surface area contributed by atoms with Crippen molar-refractivity contribution in [1.82, 2.24) is 14.9 Å². The number of aromatic nitrogens is 2. The molecule has 1 aliphatic heterocycles. The normalized spacial score (nSPS) is 13.7. The van der Waals surface area contributed by atoms with Crippen LogP contribution in [-0.4, -0.2) is 22.0 Å². The molecule has 6 heteroatoms. The lowest BCUT2D eigenvalue weighted by molar-refractivity contribution is -0.121. The number of benzene rings is 2. The lowest BCUT2D eigenvalue weighted by Crippen LogP contribution is -2.36. The monoisotopic (exact) mass is 361 g/mol. The fourth-order valence-corrected chi connectivity index (χ4v) is 3.10. The zero-order valence-corrected chi connectivity index (χ0v) is 14.5. The third kappa shape index (κ3) is 3.58. The van der Waals surface area contributed by atoms with Crippen molar-refractivity contribution in [3.63, 3.8) is 0 Å². The van der Waals surface area contributed by atoms with Crippen LogP contribution < -0.4 is 10.9 Å². The quantitative estimate of drug-likeness (QED) is 0.623. The largest absolute Gasteiger partial charge is 0.354 e. The number of hydrogen-bond donors (Lipinski definition) is 1. The van der Waals surface area contributed by atoms with Crippen molar-refractivity contribution in [3.8, 4) is 11.8 Å². The van der Waals surface area contributed by atoms with Crippen LogP contribution in [0.5, 0.6) is 0 Å². The number of rotatable bonds is 0. The van der Waals surface area contributed by atoms with Crippen LogP contribution in [0.15, 0.2) is 47.3 Å². The van der Waals surface area contributed by atoms with E-state index in [4.69, 9.17) is 0 Å². The molecule has 0 unspecified atom stereocenters. The number of halogens is 1. The zero-order chi connectivity index (χ0) is 18.8. The molecular weight excluding hydrogens is 345 g/mol. The van der Waals surface area contributed by atoms with Gasteiger partial charge in [-0.2, -0.15) is 0 Å². The molecule has 1 aromatic heterocycles. The molecule has 5 nitrogen and oxygen atoms in total. The maximum atomic E-state index is 13.3. The number of aryl methyl sites for hydroxylation is 1. The van der Waals surface area contributed by atoms with Gasteiger partial charge in [0.05, 0.1) is 10.9 Å². The van der Waals surface area contributed by atoms with Gasteiger partial charge in [0.1, 0.15) is 11.6 Å². The fraction of sp³-hybridized carbons (Fsp3) is 0.190. The Labute approximate surface area is 154 Å². The van der Waals surface area contributed by atoms with Crippen LogP contribution >= 0.6 is 0 Å². The van der Waals surface area contributed by atoms with E-state index in [2.05, 4.69) is 22.1 Å². The standard InChI is InChI=1S/C21H16FN3O2/c22-16-3-1-2-14(12-16)4-5-15-6-7-17-18(13-15)24-19-8-9-20(26)23-10-11-25(19)21(17)27/h1-3,6-7,12-13H,8-11H2,(H,23,26). The van der Waals surface area contributed by atoms with Gasteiger partial charge in [0.15, 0.2) is 0 Å². The van der Waals surface area contributed by atoms with Gasteiger partial charge in [0.2, 0.25) is 5.91 Å². The molecule has 0 atom stereocenters. The first-order valence-corrected chi connectivity index (χ1v) is 8.68. The second-order valence-electron chi connectivity index (χ2n) is 6.33. The third-order valence-corrected chi connectivity index (χ3v) is 4.44. The molecule has 2 heterocycles. The summed E-state index contributed by atoms with van der Waals surface area (Å²) in [7, 11) is 0. The Bertz CT molecular complexity index is 1170. The molecule has 0 fully saturated rings. The van der Waals surface area contributed by atoms with E-state index in [0.717, 1.165) is 0 Å². The molecule has 1 aliphatic rings. The maximum absolute atomic E-state index is 13.3. The smallest absolute Gasteiger partial charge is 0.261 e. The summed E-state index contributed by atoms with van der Waals surface area (Å²) < 4.78 is 14.9. The Morgan fingerprint density at radius 2 is 1.85 bits per heavy atom. The number of carbonyl (C=O) groups excluding carboxylic acids is 1. The van der Waals surface area contributed by atoms with Crippen molar-refractivity contribution in [2.24, 2.45) is 0 Å². The van der Waals surface area contributed by atoms with E-state index in [-0.39, 0.29) is 17.3 Å². The SMILES string of the molecule is O=C1CCc2nc3cc(C#Cc4cccc(F)c4)ccc3c(=O)n2CCN1. The number of nitrogens with one attached hydrogen (secondary N) is 1. The Kier molecular flexibility index (Phi) is 4.43. The Morgan fingerprint density at radius 1 is 1.04 bits per heavy atom. The topological polar surface area (TPSA) is 64.0 Å². The van der Waals surface area contributed by atoms with E-state index in [1.807, 2.05) is 0 Å². The molecule has 27 heavy (non-hydrogen) atoms. The lowest BCUT2D eigenvalue weighted by Gasteiger charge is -2.16. The van der Waals surface area contributed by atoms with Gasteiger partial charge in [-0.15, -0.1) is 0 Å². The number of amides is 1. The summed E-state index contributed by atoms with van der Waals surface area (Å²) in [5.74, 6) is 6.13. The van der Waals surface area contributed by atoms with Gasteiger partial charge < -0.3 is 5.32 Å². The summed E-state index contributed by atoms with van der Waals surface area (Å²) in [6.07, 6.45) is 0.716. The summed E-state index contributed by atoms with van der Waals surface area (Å²) in [5, 5.41) is 3.29. The van der Waals surface area contributed by atoms with Gasteiger partial charge in [-0.1, -0.05) is 17.9 Å². The molecule has 3 aromatic rings. The second-order valence-corrected chi connectivity index (χ2v) is 6.33. The predicted molar refractivity (Wildman–Crippen MR) is 99.7 cm³/mol. The van der Waals surface area contributed by atoms with E-state index in [9.17, 15) is 14.0 Å². The molecule has 0 saturated carbocycles. The fourth-order valence-electron chi connectivity index (χ4n) is 3.10. The van der Waals surface area contributed by atoms with Gasteiger partial charge in [-0.25, -0.2) is 9.37 Å². The second kappa shape index (κ2) is 7.04. The lowest BCUT2D eigenvalue weighted by atomic mass is 10.1. The van der Waals surface area contributed by atoms with E-state index in [1.54, 1.807) is 34.9 Å². The molecule has 2 aromatic carbocycles. The molecule has 134 valence electrons. The predicted octanol–water partition coefficient (Wildman–Crippen LogP) is 2.00. The van der Waals surface area contributed by atoms with Gasteiger partial charge in [0.25, 0.3) is 5.56 Å². The highest BCUT2D eigenvalue weighted by Gasteiger charge is 2.15. The van der Waals surface area contributed by atoms with Gasteiger partial charge >= 0.3 is 0 Å². The van der Waals surface area contributed by atoms with E-state index < -0.39 is 0 Å². The number of fused-ring (bicyclic) bond motifs is 2. The summed E-state index contributed by atoms with van der Waals surface area (Å²) in [6.45, 7) is 0.820. The highest BCUT2D eigenvalue weighted by molar-refractivity contribution is 5.80. The zero-order valence-electron chi connectivity index (χ0n) is 14.5. The summed E-state index contributed by atoms with van der Waals surface area (Å²) in [4.78, 5) is 29.0. The minimum Gasteiger partial charge on any atom is -0.354 e. The van der Waals surface area contributed by atoms with Crippen LogP contribution in [0.3, 0.4) is 0 Å². The first kappa shape index (κ1) is 17.0. The molecule has 1 amide bonds. The van der Waals surface area contributed by atoms with Gasteiger partial charge in [-0.05, 0) is 36.4 Å². The number of hydrogen-bond acceptors (Lipinski definition) is 3. The van der Waals surface area contributed by atoms with Crippen LogP contribution in [0.25, 0.3) is 10.9 Å². The van der Waals surface area contributed by atoms with Crippen molar-refractivity contribution < 1.29 is 9.18 Å². The van der Waals surface area contributed by atoms with Crippen molar-refractivity contribution in [2.75, 3.05) is 6.54 Å². The van der Waals surface area contributed by atoms with Crippen LogP contribution in [-0.2, 0) is 17.8 Å². The molecule has 1 N–H and O–H groups in total. The maximum Gasteiger partial charge on any atom is 0.261 e. The van der Waals surface area contributed by atoms with Crippen molar-refractivity contribution >= 4 is 16.8 Å². The first-order chi connectivity index (χ1) is 13.1. The molecule has 0 aliphatic carbocycles. The third-order valence-electron chi connectivity index (χ3n) is 4.44. The van der Waals surface area contributed by atoms with Crippen molar-refractivity contribution in [2.45, 2.75) is 19.4 Å². The Morgan fingerprint density at radius 3 is 2.67 bits per heavy atom. The van der Waals surface area contributed by atoms with Crippen LogP contribution in [0, 0.1) is 17.7 Å². The van der Waals surface area contributed by atoms with Crippen LogP contribution in [0.4, 0.5) is 4.39 Å². The molecule has 4 rings (SSSR count). The van der Waals surface area contributed by atoms with Crippen LogP contribution in [0.2, 0.25) is 0 Å². The molecular formula is C21H16FN3O2.